The van der Waals surface area contributed by atoms with Gasteiger partial charge in [0.15, 0.2) is 5.69 Å². The predicted molar refractivity (Wildman–Crippen MR) is 91.8 cm³/mol. The first-order valence-electron chi connectivity index (χ1n) is 6.80. The van der Waals surface area contributed by atoms with Crippen molar-refractivity contribution in [2.75, 3.05) is 0 Å². The van der Waals surface area contributed by atoms with Crippen LogP contribution >= 0.6 is 23.2 Å². The monoisotopic (exact) mass is 346 g/mol. The second-order valence-corrected chi connectivity index (χ2v) is 5.70. The van der Waals surface area contributed by atoms with Crippen LogP contribution in [0.4, 0.5) is 11.4 Å². The first-order chi connectivity index (χ1) is 11.1. The highest BCUT2D eigenvalue weighted by atomic mass is 35.5. The van der Waals surface area contributed by atoms with Gasteiger partial charge in [-0.1, -0.05) is 41.4 Å². The van der Waals surface area contributed by atoms with Crippen molar-refractivity contribution in [2.24, 2.45) is 10.2 Å². The molecule has 0 saturated carbocycles. The van der Waals surface area contributed by atoms with Gasteiger partial charge in [0.25, 0.3) is 5.56 Å². The Morgan fingerprint density at radius 1 is 1.04 bits per heavy atom. The fraction of sp³-hybridized carbons (Fsp3) is 0.0625. The van der Waals surface area contributed by atoms with Crippen LogP contribution in [-0.4, -0.2) is 9.78 Å². The van der Waals surface area contributed by atoms with Gasteiger partial charge in [-0.15, -0.1) is 5.11 Å². The maximum atomic E-state index is 12.5. The van der Waals surface area contributed by atoms with Gasteiger partial charge in [-0.3, -0.25) is 9.89 Å². The molecule has 1 N–H and O–H groups in total. The van der Waals surface area contributed by atoms with E-state index in [9.17, 15) is 4.79 Å². The van der Waals surface area contributed by atoms with Gasteiger partial charge in [0.1, 0.15) is 0 Å². The van der Waals surface area contributed by atoms with Crippen molar-refractivity contribution in [3.05, 3.63) is 74.6 Å². The zero-order valence-electron chi connectivity index (χ0n) is 12.1. The normalized spacial score (nSPS) is 11.3. The Morgan fingerprint density at radius 3 is 2.57 bits per heavy atom. The first kappa shape index (κ1) is 15.5. The number of benzene rings is 2. The molecule has 2 aromatic carbocycles. The topological polar surface area (TPSA) is 62.5 Å². The molecule has 0 unspecified atom stereocenters. The number of aryl methyl sites for hydroxylation is 1. The maximum Gasteiger partial charge on any atom is 0.299 e. The van der Waals surface area contributed by atoms with E-state index in [2.05, 4.69) is 15.3 Å². The van der Waals surface area contributed by atoms with Crippen LogP contribution in [0.2, 0.25) is 10.0 Å². The Morgan fingerprint density at radius 2 is 1.83 bits per heavy atom. The summed E-state index contributed by atoms with van der Waals surface area (Å²) in [6.45, 7) is 1.75. The Labute approximate surface area is 142 Å². The van der Waals surface area contributed by atoms with Gasteiger partial charge >= 0.3 is 0 Å². The van der Waals surface area contributed by atoms with Crippen molar-refractivity contribution in [1.82, 2.24) is 9.78 Å². The van der Waals surface area contributed by atoms with Crippen LogP contribution in [0.25, 0.3) is 5.69 Å². The number of hydrogen-bond acceptors (Lipinski definition) is 3. The predicted octanol–water partition coefficient (Wildman–Crippen LogP) is 5.20. The van der Waals surface area contributed by atoms with E-state index < -0.39 is 0 Å². The summed E-state index contributed by atoms with van der Waals surface area (Å²) in [7, 11) is 0. The molecule has 0 aliphatic rings. The summed E-state index contributed by atoms with van der Waals surface area (Å²) in [6.07, 6.45) is 0. The molecule has 116 valence electrons. The number of H-pyrrole nitrogens is 1. The zero-order chi connectivity index (χ0) is 16.4. The molecule has 1 heterocycles. The average Bonchev–Trinajstić information content (AvgIpc) is 2.80. The molecule has 0 spiro atoms. The number of nitrogens with zero attached hydrogens (tertiary/aromatic N) is 3. The Bertz CT molecular complexity index is 943. The van der Waals surface area contributed by atoms with Crippen molar-refractivity contribution >= 4 is 34.6 Å². The van der Waals surface area contributed by atoms with Gasteiger partial charge in [-0.25, -0.2) is 4.68 Å². The van der Waals surface area contributed by atoms with Gasteiger partial charge in [-0.2, -0.15) is 5.11 Å². The summed E-state index contributed by atoms with van der Waals surface area (Å²) in [5.74, 6) is 0. The fourth-order valence-corrected chi connectivity index (χ4v) is 2.51. The lowest BCUT2D eigenvalue weighted by molar-refractivity contribution is 0.835. The summed E-state index contributed by atoms with van der Waals surface area (Å²) in [5.41, 5.74) is 1.64. The summed E-state index contributed by atoms with van der Waals surface area (Å²) in [6, 6.07) is 14.0. The number of nitrogens with one attached hydrogen (secondary N) is 1. The van der Waals surface area contributed by atoms with E-state index in [4.69, 9.17) is 23.2 Å². The number of aromatic amines is 1. The van der Waals surface area contributed by atoms with Crippen molar-refractivity contribution in [3.63, 3.8) is 0 Å². The summed E-state index contributed by atoms with van der Waals surface area (Å²) >= 11 is 12.0. The first-order valence-corrected chi connectivity index (χ1v) is 7.55. The molecule has 3 rings (SSSR count). The molecular formula is C16H12Cl2N4O. The van der Waals surface area contributed by atoms with Gasteiger partial charge < -0.3 is 0 Å². The van der Waals surface area contributed by atoms with E-state index >= 15 is 0 Å². The van der Waals surface area contributed by atoms with Gasteiger partial charge in [0.05, 0.1) is 22.1 Å². The highest BCUT2D eigenvalue weighted by molar-refractivity contribution is 6.32. The highest BCUT2D eigenvalue weighted by Crippen LogP contribution is 2.23. The Hall–Kier alpha value is -2.37. The number of para-hydroxylation sites is 1. The lowest BCUT2D eigenvalue weighted by Crippen LogP contribution is -2.14. The van der Waals surface area contributed by atoms with Crippen molar-refractivity contribution in [1.29, 1.82) is 0 Å². The van der Waals surface area contributed by atoms with Crippen molar-refractivity contribution < 1.29 is 0 Å². The van der Waals surface area contributed by atoms with Crippen molar-refractivity contribution in [2.45, 2.75) is 6.92 Å². The van der Waals surface area contributed by atoms with E-state index in [1.807, 2.05) is 0 Å². The van der Waals surface area contributed by atoms with Crippen LogP contribution in [0.1, 0.15) is 5.69 Å². The molecular weight excluding hydrogens is 335 g/mol. The summed E-state index contributed by atoms with van der Waals surface area (Å²) in [4.78, 5) is 12.5. The lowest BCUT2D eigenvalue weighted by Gasteiger charge is -2.02. The van der Waals surface area contributed by atoms with Gasteiger partial charge in [0.2, 0.25) is 0 Å². The SMILES string of the molecule is Cc1[nH]n(-c2ccccc2Cl)c(=O)c1N=Nc1cccc(Cl)c1. The fourth-order valence-electron chi connectivity index (χ4n) is 2.10. The molecule has 0 amide bonds. The smallest absolute Gasteiger partial charge is 0.293 e. The molecule has 3 aromatic rings. The molecule has 0 aliphatic heterocycles. The van der Waals surface area contributed by atoms with E-state index in [1.54, 1.807) is 55.5 Å². The van der Waals surface area contributed by atoms with Crippen LogP contribution in [0.5, 0.6) is 0 Å². The number of halogens is 2. The zero-order valence-corrected chi connectivity index (χ0v) is 13.6. The Kier molecular flexibility index (Phi) is 4.32. The molecule has 23 heavy (non-hydrogen) atoms. The molecule has 0 bridgehead atoms. The number of rotatable bonds is 3. The number of hydrogen-bond donors (Lipinski definition) is 1. The molecule has 5 nitrogen and oxygen atoms in total. The van der Waals surface area contributed by atoms with E-state index in [0.717, 1.165) is 0 Å². The van der Waals surface area contributed by atoms with Crippen LogP contribution < -0.4 is 5.56 Å². The standard InChI is InChI=1S/C16H12Cl2N4O/c1-10-15(20-19-12-6-4-5-11(17)9-12)16(23)22(21-10)14-8-3-2-7-13(14)18/h2-9,21H,1H3. The largest absolute Gasteiger partial charge is 0.299 e. The Balaban J connectivity index is 2.02. The minimum absolute atomic E-state index is 0.227. The maximum absolute atomic E-state index is 12.5. The van der Waals surface area contributed by atoms with Crippen LogP contribution in [0.15, 0.2) is 63.6 Å². The third kappa shape index (κ3) is 3.21. The summed E-state index contributed by atoms with van der Waals surface area (Å²) in [5, 5.41) is 12.1. The van der Waals surface area contributed by atoms with Gasteiger partial charge in [-0.05, 0) is 37.3 Å². The van der Waals surface area contributed by atoms with Crippen LogP contribution in [0, 0.1) is 6.92 Å². The van der Waals surface area contributed by atoms with Crippen molar-refractivity contribution in [3.8, 4) is 5.69 Å². The number of aromatic nitrogens is 2. The molecule has 0 saturated heterocycles. The molecule has 0 atom stereocenters. The third-order valence-corrected chi connectivity index (χ3v) is 3.76. The highest BCUT2D eigenvalue weighted by Gasteiger charge is 2.13. The van der Waals surface area contributed by atoms with E-state index in [1.165, 1.54) is 4.68 Å². The second-order valence-electron chi connectivity index (χ2n) is 4.86. The lowest BCUT2D eigenvalue weighted by atomic mass is 10.3. The van der Waals surface area contributed by atoms with Gasteiger partial charge in [0, 0.05) is 5.02 Å². The summed E-state index contributed by atoms with van der Waals surface area (Å²) < 4.78 is 1.35. The van der Waals surface area contributed by atoms with E-state index in [0.29, 0.717) is 27.1 Å². The third-order valence-electron chi connectivity index (χ3n) is 3.21. The van der Waals surface area contributed by atoms with Crippen LogP contribution in [-0.2, 0) is 0 Å². The van der Waals surface area contributed by atoms with Crippen LogP contribution in [0.3, 0.4) is 0 Å². The molecule has 0 aliphatic carbocycles. The quantitative estimate of drug-likeness (QED) is 0.651. The average molecular weight is 347 g/mol. The molecule has 0 radical (unpaired) electrons. The molecule has 0 fully saturated rings. The van der Waals surface area contributed by atoms with E-state index in [-0.39, 0.29) is 11.2 Å². The number of azo groups is 1. The molecule has 7 heteroatoms. The minimum Gasteiger partial charge on any atom is -0.293 e. The second kappa shape index (κ2) is 6.40. The minimum atomic E-state index is -0.318. The molecule has 1 aromatic heterocycles.